The molecule has 0 unspecified atom stereocenters. The molecule has 3 rings (SSSR count). The highest BCUT2D eigenvalue weighted by Crippen LogP contribution is 2.43. The molecular weight excluding hydrogens is 575 g/mol. The second-order valence-corrected chi connectivity index (χ2v) is 12.5. The van der Waals surface area contributed by atoms with Crippen LogP contribution < -0.4 is 4.74 Å². The van der Waals surface area contributed by atoms with Crippen molar-refractivity contribution in [1.82, 2.24) is 4.90 Å². The van der Waals surface area contributed by atoms with Gasteiger partial charge >= 0.3 is 5.97 Å². The van der Waals surface area contributed by atoms with Gasteiger partial charge in [-0.1, -0.05) is 39.8 Å². The number of aliphatic hydroxyl groups excluding tert-OH is 1. The predicted octanol–water partition coefficient (Wildman–Crippen LogP) is 5.25. The lowest BCUT2D eigenvalue weighted by Crippen LogP contribution is -2.63. The summed E-state index contributed by atoms with van der Waals surface area (Å²) in [5, 5.41) is 19.8. The van der Waals surface area contributed by atoms with E-state index in [0.717, 1.165) is 11.0 Å². The minimum atomic E-state index is -1.04. The first kappa shape index (κ1) is 32.1. The Morgan fingerprint density at radius 1 is 1.17 bits per heavy atom. The second-order valence-electron chi connectivity index (χ2n) is 10.1. The number of esters is 1. The summed E-state index contributed by atoms with van der Waals surface area (Å²) in [7, 11) is 0. The highest BCUT2D eigenvalue weighted by molar-refractivity contribution is 8.16. The molecule has 0 spiro atoms. The highest BCUT2D eigenvalue weighted by Gasteiger charge is 2.54. The van der Waals surface area contributed by atoms with E-state index in [0.29, 0.717) is 23.1 Å². The molecule has 41 heavy (non-hydrogen) atoms. The van der Waals surface area contributed by atoms with Gasteiger partial charge in [-0.15, -0.1) is 11.8 Å². The number of rotatable bonds is 11. The number of ether oxygens (including phenoxy) is 2. The molecule has 1 heterocycles. The third kappa shape index (κ3) is 7.66. The molecule has 10 nitrogen and oxygen atoms in total. The highest BCUT2D eigenvalue weighted by atomic mass is 32.2. The number of nitro groups is 1. The van der Waals surface area contributed by atoms with Crippen molar-refractivity contribution >= 4 is 46.2 Å². The molecule has 2 aromatic carbocycles. The van der Waals surface area contributed by atoms with E-state index >= 15 is 0 Å². The molecule has 0 radical (unpaired) electrons. The van der Waals surface area contributed by atoms with Crippen molar-refractivity contribution in [3.8, 4) is 5.75 Å². The molecule has 13 heteroatoms. The van der Waals surface area contributed by atoms with Crippen LogP contribution in [0.3, 0.4) is 0 Å². The topological polar surface area (TPSA) is 136 Å². The van der Waals surface area contributed by atoms with Crippen LogP contribution >= 0.6 is 23.5 Å². The molecule has 1 amide bonds. The smallest absolute Gasteiger partial charge is 0.359 e. The van der Waals surface area contributed by atoms with Gasteiger partial charge in [-0.05, 0) is 54.3 Å². The standard InChI is InChI=1S/C28H31FN2O8S2/c1-6-40-24-21(16(2)32)23(33)30(24)22(25(34)38-15-17-11-13-18(14-12-17)31(36)37)26(41-27(35)28(3,4)5)39-20-10-8-7-9-19(20)29/h7-14,16,21,24,32H,6,15H2,1-5H3/t16-,21+,24-/m1/s1. The molecule has 0 aromatic heterocycles. The van der Waals surface area contributed by atoms with Crippen LogP contribution in [0.25, 0.3) is 0 Å². The van der Waals surface area contributed by atoms with Gasteiger partial charge in [0.15, 0.2) is 22.4 Å². The Bertz CT molecular complexity index is 1340. The number of hydrogen-bond acceptors (Lipinski definition) is 10. The lowest BCUT2D eigenvalue weighted by Gasteiger charge is -2.48. The molecule has 220 valence electrons. The quantitative estimate of drug-likeness (QED) is 0.0902. The number of carbonyl (C=O) groups excluding carboxylic acids is 3. The fraction of sp³-hybridized carbons (Fsp3) is 0.393. The summed E-state index contributed by atoms with van der Waals surface area (Å²) >= 11 is 1.84. The Kier molecular flexibility index (Phi) is 10.6. The number of likely N-dealkylation sites (tertiary alicyclic amines) is 1. The lowest BCUT2D eigenvalue weighted by atomic mass is 9.92. The first-order valence-electron chi connectivity index (χ1n) is 12.7. The SMILES string of the molecule is CCS[C@@H]1[C@@H]([C@@H](C)O)C(=O)N1C(C(=O)OCc1ccc([N+](=O)[O-])cc1)=C(Oc1ccccc1F)SC(=O)C(C)(C)C. The van der Waals surface area contributed by atoms with Crippen LogP contribution in [-0.4, -0.2) is 49.2 Å². The maximum Gasteiger partial charge on any atom is 0.359 e. The van der Waals surface area contributed by atoms with Gasteiger partial charge < -0.3 is 14.6 Å². The Labute approximate surface area is 245 Å². The van der Waals surface area contributed by atoms with Gasteiger partial charge in [-0.2, -0.15) is 0 Å². The summed E-state index contributed by atoms with van der Waals surface area (Å²) in [6.07, 6.45) is -1.03. The molecule has 1 N–H and O–H groups in total. The summed E-state index contributed by atoms with van der Waals surface area (Å²) in [4.78, 5) is 51.7. The van der Waals surface area contributed by atoms with Crippen molar-refractivity contribution < 1.29 is 38.3 Å². The van der Waals surface area contributed by atoms with E-state index in [9.17, 15) is 34.0 Å². The number of aliphatic hydroxyl groups is 1. The van der Waals surface area contributed by atoms with E-state index in [4.69, 9.17) is 9.47 Å². The fourth-order valence-electron chi connectivity index (χ4n) is 3.71. The van der Waals surface area contributed by atoms with Crippen LogP contribution in [0.15, 0.2) is 59.3 Å². The van der Waals surface area contributed by atoms with Gasteiger partial charge in [0.1, 0.15) is 6.61 Å². The number of thioether (sulfide) groups is 2. The number of halogens is 1. The minimum absolute atomic E-state index is 0.145. The summed E-state index contributed by atoms with van der Waals surface area (Å²) in [5.41, 5.74) is -1.03. The van der Waals surface area contributed by atoms with Crippen LogP contribution in [0.5, 0.6) is 5.75 Å². The van der Waals surface area contributed by atoms with Crippen LogP contribution in [0, 0.1) is 27.3 Å². The van der Waals surface area contributed by atoms with Crippen LogP contribution in [0.1, 0.15) is 40.2 Å². The van der Waals surface area contributed by atoms with Gasteiger partial charge in [-0.3, -0.25) is 24.6 Å². The van der Waals surface area contributed by atoms with Gasteiger partial charge in [0.05, 0.1) is 22.3 Å². The van der Waals surface area contributed by atoms with E-state index < -0.39 is 56.2 Å². The van der Waals surface area contributed by atoms with Crippen molar-refractivity contribution in [3.63, 3.8) is 0 Å². The first-order valence-corrected chi connectivity index (χ1v) is 14.5. The number of carbonyl (C=O) groups is 3. The average molecular weight is 607 g/mol. The predicted molar refractivity (Wildman–Crippen MR) is 153 cm³/mol. The number of benzene rings is 2. The summed E-state index contributed by atoms with van der Waals surface area (Å²) in [5.74, 6) is -2.98. The normalized spacial score (nSPS) is 18.2. The zero-order chi connectivity index (χ0) is 30.5. The third-order valence-corrected chi connectivity index (χ3v) is 8.36. The van der Waals surface area contributed by atoms with Gasteiger partial charge in [0, 0.05) is 17.5 Å². The first-order chi connectivity index (χ1) is 19.3. The van der Waals surface area contributed by atoms with Crippen LogP contribution in [0.4, 0.5) is 10.1 Å². The molecule has 0 bridgehead atoms. The summed E-state index contributed by atoms with van der Waals surface area (Å²) in [6, 6.07) is 10.7. The zero-order valence-corrected chi connectivity index (χ0v) is 24.8. The van der Waals surface area contributed by atoms with E-state index in [2.05, 4.69) is 0 Å². The maximum atomic E-state index is 14.7. The summed E-state index contributed by atoms with van der Waals surface area (Å²) < 4.78 is 26.0. The third-order valence-electron chi connectivity index (χ3n) is 5.92. The van der Waals surface area contributed by atoms with E-state index in [1.807, 2.05) is 6.92 Å². The van der Waals surface area contributed by atoms with Crippen molar-refractivity contribution in [2.45, 2.75) is 52.7 Å². The molecule has 1 aliphatic heterocycles. The number of nitro benzene ring substituents is 1. The van der Waals surface area contributed by atoms with Crippen molar-refractivity contribution in [1.29, 1.82) is 0 Å². The van der Waals surface area contributed by atoms with E-state index in [1.165, 1.54) is 61.2 Å². The number of hydrogen-bond donors (Lipinski definition) is 1. The number of para-hydroxylation sites is 1. The number of amides is 1. The minimum Gasteiger partial charge on any atom is -0.456 e. The maximum absolute atomic E-state index is 14.7. The molecule has 1 saturated heterocycles. The molecule has 1 fully saturated rings. The fourth-order valence-corrected chi connectivity index (χ4v) is 5.85. The lowest BCUT2D eigenvalue weighted by molar-refractivity contribution is -0.384. The summed E-state index contributed by atoms with van der Waals surface area (Å²) in [6.45, 7) is 7.96. The molecule has 1 aliphatic rings. The number of nitrogens with zero attached hydrogens (tertiary/aromatic N) is 2. The van der Waals surface area contributed by atoms with Crippen LogP contribution in [-0.2, 0) is 25.7 Å². The van der Waals surface area contributed by atoms with E-state index in [-0.39, 0.29) is 23.1 Å². The Morgan fingerprint density at radius 2 is 1.80 bits per heavy atom. The Balaban J connectivity index is 2.11. The largest absolute Gasteiger partial charge is 0.456 e. The Hall–Kier alpha value is -3.42. The van der Waals surface area contributed by atoms with Crippen molar-refractivity contribution in [2.75, 3.05) is 5.75 Å². The number of non-ortho nitro benzene ring substituents is 1. The Morgan fingerprint density at radius 3 is 2.34 bits per heavy atom. The van der Waals surface area contributed by atoms with E-state index in [1.54, 1.807) is 20.8 Å². The molecule has 3 atom stereocenters. The second kappa shape index (κ2) is 13.5. The molecule has 2 aromatic rings. The molecule has 0 aliphatic carbocycles. The van der Waals surface area contributed by atoms with Crippen molar-refractivity contribution in [2.24, 2.45) is 11.3 Å². The monoisotopic (exact) mass is 606 g/mol. The van der Waals surface area contributed by atoms with Crippen LogP contribution in [0.2, 0.25) is 0 Å². The number of β-lactam (4-membered cyclic amide) rings is 1. The molecule has 0 saturated carbocycles. The van der Waals surface area contributed by atoms with Gasteiger partial charge in [0.2, 0.25) is 11.0 Å². The van der Waals surface area contributed by atoms with Crippen molar-refractivity contribution in [3.05, 3.63) is 80.8 Å². The zero-order valence-electron chi connectivity index (χ0n) is 23.2. The molecular formula is C28H31FN2O8S2. The van der Waals surface area contributed by atoms with Gasteiger partial charge in [0.25, 0.3) is 5.69 Å². The van der Waals surface area contributed by atoms with Gasteiger partial charge in [-0.25, -0.2) is 9.18 Å². The average Bonchev–Trinajstić information content (AvgIpc) is 2.90.